The van der Waals surface area contributed by atoms with Gasteiger partial charge in [0, 0.05) is 12.7 Å². The van der Waals surface area contributed by atoms with E-state index in [-0.39, 0.29) is 5.69 Å². The minimum absolute atomic E-state index is 0.213. The first kappa shape index (κ1) is 10.6. The Kier molecular flexibility index (Phi) is 2.26. The van der Waals surface area contributed by atoms with E-state index in [9.17, 15) is 18.0 Å². The molecule has 14 heavy (non-hydrogen) atoms. The van der Waals surface area contributed by atoms with Crippen LogP contribution in [0.25, 0.3) is 0 Å². The number of hydrogen-bond donors (Lipinski definition) is 1. The van der Waals surface area contributed by atoms with Crippen LogP contribution in [0.1, 0.15) is 21.7 Å². The summed E-state index contributed by atoms with van der Waals surface area (Å²) in [7, 11) is 1.26. The van der Waals surface area contributed by atoms with Crippen LogP contribution in [0.3, 0.4) is 0 Å². The van der Waals surface area contributed by atoms with E-state index in [4.69, 9.17) is 5.11 Å². The van der Waals surface area contributed by atoms with Crippen LogP contribution < -0.4 is 0 Å². The fourth-order valence-electron chi connectivity index (χ4n) is 1.10. The molecule has 0 spiro atoms. The minimum Gasteiger partial charge on any atom is -0.476 e. The summed E-state index contributed by atoms with van der Waals surface area (Å²) >= 11 is 0. The molecular weight excluding hydrogens is 201 g/mol. The van der Waals surface area contributed by atoms with Crippen molar-refractivity contribution in [1.29, 1.82) is 0 Å². The van der Waals surface area contributed by atoms with E-state index >= 15 is 0 Å². The van der Waals surface area contributed by atoms with Gasteiger partial charge in [-0.15, -0.1) is 0 Å². The second kappa shape index (κ2) is 3.00. The van der Waals surface area contributed by atoms with Crippen molar-refractivity contribution in [3.63, 3.8) is 0 Å². The molecule has 78 valence electrons. The van der Waals surface area contributed by atoms with E-state index in [2.05, 4.69) is 5.10 Å². The van der Waals surface area contributed by atoms with Gasteiger partial charge in [-0.05, 0) is 6.92 Å². The van der Waals surface area contributed by atoms with Crippen LogP contribution in [-0.2, 0) is 13.2 Å². The lowest BCUT2D eigenvalue weighted by Crippen LogP contribution is -2.12. The van der Waals surface area contributed by atoms with E-state index in [1.54, 1.807) is 0 Å². The van der Waals surface area contributed by atoms with Gasteiger partial charge in [-0.25, -0.2) is 4.79 Å². The summed E-state index contributed by atoms with van der Waals surface area (Å²) in [5, 5.41) is 11.8. The number of rotatable bonds is 1. The highest BCUT2D eigenvalue weighted by Crippen LogP contribution is 2.33. The van der Waals surface area contributed by atoms with Crippen molar-refractivity contribution in [2.24, 2.45) is 7.05 Å². The third-order valence-corrected chi connectivity index (χ3v) is 1.82. The van der Waals surface area contributed by atoms with E-state index in [0.29, 0.717) is 0 Å². The minimum atomic E-state index is -4.69. The maximum absolute atomic E-state index is 12.4. The first-order valence-corrected chi connectivity index (χ1v) is 3.59. The fourth-order valence-corrected chi connectivity index (χ4v) is 1.10. The standard InChI is InChI=1S/C7H7F3N2O2/c1-3-4(7(8,9)10)5(6(13)14)11-12(3)2/h1-2H3,(H,13,14). The molecule has 0 aliphatic heterocycles. The number of halogens is 3. The number of alkyl halides is 3. The second-order valence-electron chi connectivity index (χ2n) is 2.74. The predicted molar refractivity (Wildman–Crippen MR) is 39.9 cm³/mol. The van der Waals surface area contributed by atoms with E-state index in [1.165, 1.54) is 14.0 Å². The molecule has 1 aromatic rings. The molecule has 0 aliphatic carbocycles. The number of aromatic carboxylic acids is 1. The monoisotopic (exact) mass is 208 g/mol. The molecule has 1 heterocycles. The largest absolute Gasteiger partial charge is 0.476 e. The lowest BCUT2D eigenvalue weighted by atomic mass is 10.2. The molecule has 0 saturated carbocycles. The number of carboxylic acids is 1. The second-order valence-corrected chi connectivity index (χ2v) is 2.74. The zero-order valence-corrected chi connectivity index (χ0v) is 7.38. The van der Waals surface area contributed by atoms with Crippen molar-refractivity contribution in [2.75, 3.05) is 0 Å². The topological polar surface area (TPSA) is 55.1 Å². The van der Waals surface area contributed by atoms with Gasteiger partial charge in [-0.3, -0.25) is 4.68 Å². The van der Waals surface area contributed by atoms with E-state index in [0.717, 1.165) is 4.68 Å². The third kappa shape index (κ3) is 1.57. The quantitative estimate of drug-likeness (QED) is 0.759. The van der Waals surface area contributed by atoms with Gasteiger partial charge in [0.15, 0.2) is 5.69 Å². The Morgan fingerprint density at radius 3 is 2.29 bits per heavy atom. The van der Waals surface area contributed by atoms with Crippen LogP contribution in [0.15, 0.2) is 0 Å². The lowest BCUT2D eigenvalue weighted by molar-refractivity contribution is -0.138. The number of aryl methyl sites for hydroxylation is 1. The average molecular weight is 208 g/mol. The van der Waals surface area contributed by atoms with Gasteiger partial charge >= 0.3 is 12.1 Å². The van der Waals surface area contributed by atoms with Crippen molar-refractivity contribution < 1.29 is 23.1 Å². The van der Waals surface area contributed by atoms with Gasteiger partial charge in [-0.1, -0.05) is 0 Å². The molecule has 1 N–H and O–H groups in total. The zero-order chi connectivity index (χ0) is 11.1. The van der Waals surface area contributed by atoms with Crippen LogP contribution in [0, 0.1) is 6.92 Å². The highest BCUT2D eigenvalue weighted by Gasteiger charge is 2.40. The Hall–Kier alpha value is -1.53. The molecule has 0 atom stereocenters. The van der Waals surface area contributed by atoms with Crippen LogP contribution in [0.5, 0.6) is 0 Å². The third-order valence-electron chi connectivity index (χ3n) is 1.82. The van der Waals surface area contributed by atoms with Gasteiger partial charge in [0.2, 0.25) is 0 Å². The maximum atomic E-state index is 12.4. The number of nitrogens with zero attached hydrogens (tertiary/aromatic N) is 2. The highest BCUT2D eigenvalue weighted by molar-refractivity contribution is 5.87. The highest BCUT2D eigenvalue weighted by atomic mass is 19.4. The molecule has 4 nitrogen and oxygen atoms in total. The molecule has 0 aromatic carbocycles. The number of aromatic nitrogens is 2. The van der Waals surface area contributed by atoms with Crippen molar-refractivity contribution in [3.05, 3.63) is 17.0 Å². The zero-order valence-electron chi connectivity index (χ0n) is 7.38. The van der Waals surface area contributed by atoms with Gasteiger partial charge in [0.1, 0.15) is 5.56 Å². The number of carboxylic acid groups (broad SMARTS) is 1. The molecule has 1 aromatic heterocycles. The van der Waals surface area contributed by atoms with Gasteiger partial charge in [0.05, 0.1) is 0 Å². The molecule has 0 amide bonds. The van der Waals surface area contributed by atoms with Crippen molar-refractivity contribution in [1.82, 2.24) is 9.78 Å². The molecule has 0 aliphatic rings. The molecule has 0 saturated heterocycles. The van der Waals surface area contributed by atoms with Crippen molar-refractivity contribution in [3.8, 4) is 0 Å². The Balaban J connectivity index is 3.46. The number of hydrogen-bond acceptors (Lipinski definition) is 2. The SMILES string of the molecule is Cc1c(C(F)(F)F)c(C(=O)O)nn1C. The molecule has 0 unspecified atom stereocenters. The van der Waals surface area contributed by atoms with Crippen LogP contribution in [0.2, 0.25) is 0 Å². The Morgan fingerprint density at radius 1 is 1.50 bits per heavy atom. The first-order chi connectivity index (χ1) is 6.25. The van der Waals surface area contributed by atoms with Crippen LogP contribution in [0.4, 0.5) is 13.2 Å². The predicted octanol–water partition coefficient (Wildman–Crippen LogP) is 1.45. The summed E-state index contributed by atoms with van der Waals surface area (Å²) in [5.41, 5.74) is -2.36. The van der Waals surface area contributed by atoms with Crippen molar-refractivity contribution >= 4 is 5.97 Å². The Morgan fingerprint density at radius 2 is 2.00 bits per heavy atom. The summed E-state index contributed by atoms with van der Waals surface area (Å²) in [4.78, 5) is 10.5. The normalized spacial score (nSPS) is 11.8. The fraction of sp³-hybridized carbons (Fsp3) is 0.429. The average Bonchev–Trinajstić information content (AvgIpc) is 2.27. The molecule has 0 radical (unpaired) electrons. The molecule has 7 heteroatoms. The van der Waals surface area contributed by atoms with E-state index < -0.39 is 23.4 Å². The van der Waals surface area contributed by atoms with Crippen LogP contribution >= 0.6 is 0 Å². The van der Waals surface area contributed by atoms with Crippen LogP contribution in [-0.4, -0.2) is 20.9 Å². The Labute approximate surface area is 77.0 Å². The van der Waals surface area contributed by atoms with Gasteiger partial charge in [0.25, 0.3) is 0 Å². The molecular formula is C7H7F3N2O2. The molecule has 1 rings (SSSR count). The Bertz CT molecular complexity index is 381. The van der Waals surface area contributed by atoms with Crippen molar-refractivity contribution in [2.45, 2.75) is 13.1 Å². The smallest absolute Gasteiger partial charge is 0.420 e. The summed E-state index contributed by atoms with van der Waals surface area (Å²) in [6, 6.07) is 0. The lowest BCUT2D eigenvalue weighted by Gasteiger charge is -2.05. The summed E-state index contributed by atoms with van der Waals surface area (Å²) in [6.45, 7) is 1.17. The molecule has 0 fully saturated rings. The van der Waals surface area contributed by atoms with Gasteiger partial charge < -0.3 is 5.11 Å². The summed E-state index contributed by atoms with van der Waals surface area (Å²) in [5.74, 6) is -1.68. The maximum Gasteiger partial charge on any atom is 0.420 e. The molecule has 0 bridgehead atoms. The van der Waals surface area contributed by atoms with E-state index in [1.807, 2.05) is 0 Å². The first-order valence-electron chi connectivity index (χ1n) is 3.59. The van der Waals surface area contributed by atoms with Gasteiger partial charge in [-0.2, -0.15) is 18.3 Å². The summed E-state index contributed by atoms with van der Waals surface area (Å²) < 4.78 is 38.0. The summed E-state index contributed by atoms with van der Waals surface area (Å²) in [6.07, 6.45) is -4.69. The number of carbonyl (C=O) groups is 1.